The van der Waals surface area contributed by atoms with Crippen molar-refractivity contribution < 1.29 is 0 Å². The maximum atomic E-state index is 5.93. The lowest BCUT2D eigenvalue weighted by Gasteiger charge is -1.96. The molecule has 5 heteroatoms. The maximum Gasteiger partial charge on any atom is 0.213 e. The molecule has 3 aromatic rings. The largest absolute Gasteiger partial charge is 0.383 e. The van der Waals surface area contributed by atoms with Crippen LogP contribution in [-0.4, -0.2) is 14.8 Å². The van der Waals surface area contributed by atoms with Gasteiger partial charge in [0.15, 0.2) is 0 Å². The molecule has 0 atom stereocenters. The Balaban J connectivity index is 2.25. The summed E-state index contributed by atoms with van der Waals surface area (Å²) in [6, 6.07) is 6.11. The molecule has 0 aliphatic carbocycles. The number of aromatic nitrogens is 3. The number of nitrogens with zero attached hydrogens (tertiary/aromatic N) is 3. The summed E-state index contributed by atoms with van der Waals surface area (Å²) in [7, 11) is 0. The Morgan fingerprint density at radius 3 is 2.61 bits per heavy atom. The van der Waals surface area contributed by atoms with Crippen molar-refractivity contribution in [3.05, 3.63) is 35.0 Å². The first-order valence-corrected chi connectivity index (χ1v) is 6.56. The predicted molar refractivity (Wildman–Crippen MR) is 75.4 cm³/mol. The molecule has 0 radical (unpaired) electrons. The number of anilines is 1. The average Bonchev–Trinajstić information content (AvgIpc) is 2.81. The molecule has 0 saturated carbocycles. The Labute approximate surface area is 109 Å². The molecule has 2 N–H and O–H groups in total. The van der Waals surface area contributed by atoms with E-state index in [1.807, 2.05) is 13.0 Å². The second-order valence-electron chi connectivity index (χ2n) is 4.55. The van der Waals surface area contributed by atoms with E-state index in [2.05, 4.69) is 36.1 Å². The summed E-state index contributed by atoms with van der Waals surface area (Å²) in [4.78, 5) is 4.62. The molecule has 0 aliphatic rings. The van der Waals surface area contributed by atoms with E-state index in [-0.39, 0.29) is 0 Å². The lowest BCUT2D eigenvalue weighted by Crippen LogP contribution is -2.00. The summed E-state index contributed by atoms with van der Waals surface area (Å²) in [5.74, 6) is 0.626. The van der Waals surface area contributed by atoms with Gasteiger partial charge in [-0.15, -0.1) is 0 Å². The van der Waals surface area contributed by atoms with Gasteiger partial charge in [0.25, 0.3) is 0 Å². The Morgan fingerprint density at radius 2 is 1.94 bits per heavy atom. The smallest absolute Gasteiger partial charge is 0.213 e. The summed E-state index contributed by atoms with van der Waals surface area (Å²) >= 11 is 1.62. The zero-order valence-electron chi connectivity index (χ0n) is 10.6. The predicted octanol–water partition coefficient (Wildman–Crippen LogP) is 2.99. The van der Waals surface area contributed by atoms with Gasteiger partial charge in [-0.05, 0) is 38.0 Å². The van der Waals surface area contributed by atoms with Crippen molar-refractivity contribution in [2.24, 2.45) is 0 Å². The van der Waals surface area contributed by atoms with Crippen molar-refractivity contribution in [2.45, 2.75) is 20.8 Å². The molecule has 18 heavy (non-hydrogen) atoms. The minimum Gasteiger partial charge on any atom is -0.383 e. The fourth-order valence-electron chi connectivity index (χ4n) is 2.13. The van der Waals surface area contributed by atoms with Gasteiger partial charge in [0, 0.05) is 6.07 Å². The molecule has 0 aliphatic heterocycles. The van der Waals surface area contributed by atoms with Gasteiger partial charge in [0.2, 0.25) is 5.13 Å². The number of hydrogen-bond donors (Lipinski definition) is 1. The zero-order chi connectivity index (χ0) is 12.9. The number of benzene rings is 1. The third kappa shape index (κ3) is 1.67. The number of fused-ring (bicyclic) bond motifs is 1. The van der Waals surface area contributed by atoms with Crippen LogP contribution >= 0.6 is 11.3 Å². The molecule has 2 aromatic heterocycles. The molecule has 1 aromatic carbocycles. The van der Waals surface area contributed by atoms with Crippen LogP contribution in [0.1, 0.15) is 16.8 Å². The van der Waals surface area contributed by atoms with E-state index in [1.165, 1.54) is 15.8 Å². The Bertz CT molecular complexity index is 739. The fourth-order valence-corrected chi connectivity index (χ4v) is 3.12. The van der Waals surface area contributed by atoms with Crippen molar-refractivity contribution in [3.8, 4) is 5.13 Å². The molecule has 0 bridgehead atoms. The molecule has 92 valence electrons. The van der Waals surface area contributed by atoms with Crippen LogP contribution in [-0.2, 0) is 0 Å². The average molecular weight is 258 g/mol. The number of thiazole rings is 1. The summed E-state index contributed by atoms with van der Waals surface area (Å²) in [6.45, 7) is 6.11. The van der Waals surface area contributed by atoms with E-state index in [0.717, 1.165) is 16.3 Å². The van der Waals surface area contributed by atoms with Crippen molar-refractivity contribution in [2.75, 3.05) is 5.73 Å². The van der Waals surface area contributed by atoms with Crippen LogP contribution in [0.5, 0.6) is 0 Å². The van der Waals surface area contributed by atoms with Crippen LogP contribution in [0.4, 0.5) is 5.82 Å². The number of aryl methyl sites for hydroxylation is 3. The monoisotopic (exact) mass is 258 g/mol. The third-order valence-corrected chi connectivity index (χ3v) is 4.03. The van der Waals surface area contributed by atoms with Crippen molar-refractivity contribution in [1.82, 2.24) is 14.8 Å². The maximum absolute atomic E-state index is 5.93. The first-order chi connectivity index (χ1) is 8.54. The van der Waals surface area contributed by atoms with E-state index >= 15 is 0 Å². The first-order valence-electron chi connectivity index (χ1n) is 5.75. The Kier molecular flexibility index (Phi) is 2.38. The van der Waals surface area contributed by atoms with Gasteiger partial charge in [-0.2, -0.15) is 9.78 Å². The molecule has 2 heterocycles. The van der Waals surface area contributed by atoms with E-state index < -0.39 is 0 Å². The molecule has 0 fully saturated rings. The van der Waals surface area contributed by atoms with Crippen LogP contribution in [0.2, 0.25) is 0 Å². The number of hydrogen-bond acceptors (Lipinski definition) is 4. The molecular weight excluding hydrogens is 244 g/mol. The highest BCUT2D eigenvalue weighted by Gasteiger charge is 2.11. The normalized spacial score (nSPS) is 11.3. The van der Waals surface area contributed by atoms with E-state index in [4.69, 9.17) is 5.73 Å². The molecular formula is C13H14N4S. The standard InChI is InChI=1S/C13H14N4S/c1-7-4-8(2)12-10(5-7)15-13(18-12)17-11(14)6-9(3)16-17/h4-6H,14H2,1-3H3. The van der Waals surface area contributed by atoms with Gasteiger partial charge < -0.3 is 5.73 Å². The fraction of sp³-hybridized carbons (Fsp3) is 0.231. The van der Waals surface area contributed by atoms with Crippen LogP contribution < -0.4 is 5.73 Å². The van der Waals surface area contributed by atoms with Crippen LogP contribution in [0, 0.1) is 20.8 Å². The van der Waals surface area contributed by atoms with Gasteiger partial charge in [0.1, 0.15) is 5.82 Å². The highest BCUT2D eigenvalue weighted by Crippen LogP contribution is 2.29. The Morgan fingerprint density at radius 1 is 1.17 bits per heavy atom. The van der Waals surface area contributed by atoms with Crippen LogP contribution in [0.15, 0.2) is 18.2 Å². The van der Waals surface area contributed by atoms with Crippen molar-refractivity contribution >= 4 is 27.4 Å². The second kappa shape index (κ2) is 3.81. The molecule has 0 saturated heterocycles. The van der Waals surface area contributed by atoms with Crippen LogP contribution in [0.3, 0.4) is 0 Å². The van der Waals surface area contributed by atoms with Gasteiger partial charge in [0.05, 0.1) is 15.9 Å². The van der Waals surface area contributed by atoms with Gasteiger partial charge in [-0.3, -0.25) is 0 Å². The molecule has 3 rings (SSSR count). The Hall–Kier alpha value is -1.88. The third-order valence-electron chi connectivity index (χ3n) is 2.85. The van der Waals surface area contributed by atoms with E-state index in [9.17, 15) is 0 Å². The molecule has 4 nitrogen and oxygen atoms in total. The van der Waals surface area contributed by atoms with Gasteiger partial charge in [-0.1, -0.05) is 17.4 Å². The lowest BCUT2D eigenvalue weighted by molar-refractivity contribution is 0.865. The number of nitrogen functional groups attached to an aromatic ring is 1. The SMILES string of the molecule is Cc1cc(C)c2sc(-n3nc(C)cc3N)nc2c1. The summed E-state index contributed by atoms with van der Waals surface area (Å²) in [5, 5.41) is 5.19. The molecule has 0 unspecified atom stereocenters. The number of nitrogens with two attached hydrogens (primary N) is 1. The first kappa shape index (κ1) is 11.2. The minimum atomic E-state index is 0.626. The summed E-state index contributed by atoms with van der Waals surface area (Å²) < 4.78 is 2.90. The summed E-state index contributed by atoms with van der Waals surface area (Å²) in [5.41, 5.74) is 10.3. The van der Waals surface area contributed by atoms with E-state index in [1.54, 1.807) is 16.0 Å². The highest BCUT2D eigenvalue weighted by molar-refractivity contribution is 7.21. The lowest BCUT2D eigenvalue weighted by atomic mass is 10.1. The second-order valence-corrected chi connectivity index (χ2v) is 5.53. The topological polar surface area (TPSA) is 56.7 Å². The molecule has 0 amide bonds. The molecule has 0 spiro atoms. The van der Waals surface area contributed by atoms with Gasteiger partial charge in [-0.25, -0.2) is 4.98 Å². The van der Waals surface area contributed by atoms with Crippen molar-refractivity contribution in [1.29, 1.82) is 0 Å². The summed E-state index contributed by atoms with van der Waals surface area (Å²) in [6.07, 6.45) is 0. The zero-order valence-corrected chi connectivity index (χ0v) is 11.4. The van der Waals surface area contributed by atoms with E-state index in [0.29, 0.717) is 5.82 Å². The minimum absolute atomic E-state index is 0.626. The highest BCUT2D eigenvalue weighted by atomic mass is 32.1. The number of rotatable bonds is 1. The van der Waals surface area contributed by atoms with Gasteiger partial charge >= 0.3 is 0 Å². The quantitative estimate of drug-likeness (QED) is 0.730. The van der Waals surface area contributed by atoms with Crippen LogP contribution in [0.25, 0.3) is 15.3 Å². The van der Waals surface area contributed by atoms with Crippen molar-refractivity contribution in [3.63, 3.8) is 0 Å².